The molecule has 5 nitrogen and oxygen atoms in total. The van der Waals surface area contributed by atoms with Gasteiger partial charge in [0.1, 0.15) is 0 Å². The van der Waals surface area contributed by atoms with Gasteiger partial charge in [0, 0.05) is 24.5 Å². The van der Waals surface area contributed by atoms with E-state index >= 15 is 0 Å². The third-order valence-corrected chi connectivity index (χ3v) is 6.99. The highest BCUT2D eigenvalue weighted by Crippen LogP contribution is 2.42. The second-order valence-corrected chi connectivity index (χ2v) is 9.16. The van der Waals surface area contributed by atoms with Crippen molar-refractivity contribution < 1.29 is 9.53 Å². The Labute approximate surface area is 193 Å². The quantitative estimate of drug-likeness (QED) is 0.565. The van der Waals surface area contributed by atoms with E-state index in [4.69, 9.17) is 10.5 Å². The Kier molecular flexibility index (Phi) is 9.12. The van der Waals surface area contributed by atoms with E-state index in [1.54, 1.807) is 0 Å². The third kappa shape index (κ3) is 6.33. The highest BCUT2D eigenvalue weighted by molar-refractivity contribution is 5.67. The summed E-state index contributed by atoms with van der Waals surface area (Å²) in [5, 5.41) is 3.04. The lowest BCUT2D eigenvalue weighted by Gasteiger charge is -2.46. The number of hydrogen-bond donors (Lipinski definition) is 2. The summed E-state index contributed by atoms with van der Waals surface area (Å²) in [7, 11) is 1.42. The number of carbonyl (C=O) groups is 1. The standard InChI is InChI=1S/C27H39N3O2/c1-3-10-25(28)19-27(21-29-26(31)32-2,23-13-8-5-9-14-23)24-15-17-30(18-16-24)20-22-11-6-4-7-12-22/h4-9,11-14,24-25H,3,10,15-21,28H2,1-2H3,(H,29,31). The minimum absolute atomic E-state index is 0.0991. The van der Waals surface area contributed by atoms with Crippen molar-refractivity contribution >= 4 is 6.09 Å². The SMILES string of the molecule is CCCC(N)CC(CNC(=O)OC)(c1ccccc1)C1CCN(Cc2ccccc2)CC1. The van der Waals surface area contributed by atoms with Crippen LogP contribution in [0, 0.1) is 5.92 Å². The van der Waals surface area contributed by atoms with Crippen LogP contribution >= 0.6 is 0 Å². The monoisotopic (exact) mass is 437 g/mol. The molecule has 174 valence electrons. The molecule has 1 heterocycles. The maximum Gasteiger partial charge on any atom is 0.406 e. The number of carbonyl (C=O) groups excluding carboxylic acids is 1. The Hall–Kier alpha value is -2.37. The molecule has 2 aromatic carbocycles. The largest absolute Gasteiger partial charge is 0.453 e. The Morgan fingerprint density at radius 2 is 1.75 bits per heavy atom. The van der Waals surface area contributed by atoms with Gasteiger partial charge in [0.25, 0.3) is 0 Å². The van der Waals surface area contributed by atoms with Gasteiger partial charge < -0.3 is 15.8 Å². The second kappa shape index (κ2) is 12.0. The molecule has 1 saturated heterocycles. The van der Waals surface area contributed by atoms with Gasteiger partial charge in [-0.2, -0.15) is 0 Å². The average Bonchev–Trinajstić information content (AvgIpc) is 2.83. The zero-order valence-corrected chi connectivity index (χ0v) is 19.6. The molecule has 1 fully saturated rings. The molecule has 2 aromatic rings. The fourth-order valence-electron chi connectivity index (χ4n) is 5.34. The maximum absolute atomic E-state index is 12.1. The normalized spacial score (nSPS) is 18.0. The molecule has 2 atom stereocenters. The molecule has 0 saturated carbocycles. The number of nitrogens with one attached hydrogen (secondary N) is 1. The Bertz CT molecular complexity index is 806. The minimum atomic E-state index is -0.379. The molecule has 5 heteroatoms. The summed E-state index contributed by atoms with van der Waals surface area (Å²) in [5.74, 6) is 0.442. The predicted molar refractivity (Wildman–Crippen MR) is 130 cm³/mol. The van der Waals surface area contributed by atoms with E-state index in [2.05, 4.69) is 77.8 Å². The van der Waals surface area contributed by atoms with Gasteiger partial charge in [-0.25, -0.2) is 4.79 Å². The number of nitrogens with zero attached hydrogens (tertiary/aromatic N) is 1. The van der Waals surface area contributed by atoms with Gasteiger partial charge in [-0.15, -0.1) is 0 Å². The van der Waals surface area contributed by atoms with Crippen molar-refractivity contribution in [1.29, 1.82) is 0 Å². The van der Waals surface area contributed by atoms with E-state index in [0.717, 1.165) is 51.7 Å². The number of ether oxygens (including phenoxy) is 1. The van der Waals surface area contributed by atoms with Crippen LogP contribution < -0.4 is 11.1 Å². The van der Waals surface area contributed by atoms with E-state index < -0.39 is 0 Å². The zero-order valence-electron chi connectivity index (χ0n) is 19.6. The molecular weight excluding hydrogens is 398 g/mol. The number of likely N-dealkylation sites (tertiary alicyclic amines) is 1. The predicted octanol–water partition coefficient (Wildman–Crippen LogP) is 4.71. The number of piperidine rings is 1. The van der Waals surface area contributed by atoms with Crippen molar-refractivity contribution in [3.05, 3.63) is 71.8 Å². The van der Waals surface area contributed by atoms with Crippen LogP contribution in [0.4, 0.5) is 4.79 Å². The molecule has 2 unspecified atom stereocenters. The molecule has 1 aliphatic heterocycles. The van der Waals surface area contributed by atoms with Gasteiger partial charge >= 0.3 is 6.09 Å². The van der Waals surface area contributed by atoms with Crippen LogP contribution in [-0.2, 0) is 16.7 Å². The highest BCUT2D eigenvalue weighted by atomic mass is 16.5. The lowest BCUT2D eigenvalue weighted by Crippen LogP contribution is -2.52. The topological polar surface area (TPSA) is 67.6 Å². The van der Waals surface area contributed by atoms with Crippen molar-refractivity contribution in [2.45, 2.75) is 57.0 Å². The number of hydrogen-bond acceptors (Lipinski definition) is 4. The van der Waals surface area contributed by atoms with Crippen LogP contribution in [0.2, 0.25) is 0 Å². The van der Waals surface area contributed by atoms with Gasteiger partial charge in [0.2, 0.25) is 0 Å². The third-order valence-electron chi connectivity index (χ3n) is 6.99. The number of nitrogens with two attached hydrogens (primary N) is 1. The summed E-state index contributed by atoms with van der Waals surface area (Å²) >= 11 is 0. The fourth-order valence-corrected chi connectivity index (χ4v) is 5.34. The van der Waals surface area contributed by atoms with Crippen LogP contribution in [0.25, 0.3) is 0 Å². The number of benzene rings is 2. The van der Waals surface area contributed by atoms with Crippen LogP contribution in [0.15, 0.2) is 60.7 Å². The summed E-state index contributed by atoms with van der Waals surface area (Å²) in [5.41, 5.74) is 9.05. The molecule has 1 amide bonds. The number of rotatable bonds is 10. The summed E-state index contributed by atoms with van der Waals surface area (Å²) in [6.07, 6.45) is 4.70. The van der Waals surface area contributed by atoms with Crippen LogP contribution in [0.5, 0.6) is 0 Å². The summed E-state index contributed by atoms with van der Waals surface area (Å²) in [4.78, 5) is 14.6. The molecule has 1 aliphatic rings. The average molecular weight is 438 g/mol. The first-order valence-corrected chi connectivity index (χ1v) is 12.0. The number of alkyl carbamates (subject to hydrolysis) is 1. The smallest absolute Gasteiger partial charge is 0.406 e. The first-order valence-electron chi connectivity index (χ1n) is 12.0. The second-order valence-electron chi connectivity index (χ2n) is 9.16. The fraction of sp³-hybridized carbons (Fsp3) is 0.519. The van der Waals surface area contributed by atoms with Gasteiger partial charge in [0.05, 0.1) is 7.11 Å². The van der Waals surface area contributed by atoms with Crippen molar-refractivity contribution in [1.82, 2.24) is 10.2 Å². The Morgan fingerprint density at radius 3 is 2.34 bits per heavy atom. The number of methoxy groups -OCH3 is 1. The molecule has 32 heavy (non-hydrogen) atoms. The lowest BCUT2D eigenvalue weighted by atomic mass is 9.63. The van der Waals surface area contributed by atoms with Gasteiger partial charge in [-0.05, 0) is 55.8 Å². The molecule has 0 aromatic heterocycles. The van der Waals surface area contributed by atoms with Gasteiger partial charge in [-0.3, -0.25) is 4.90 Å². The molecule has 0 spiro atoms. The van der Waals surface area contributed by atoms with E-state index in [9.17, 15) is 4.79 Å². The minimum Gasteiger partial charge on any atom is -0.453 e. The number of amides is 1. The Balaban J connectivity index is 1.82. The summed E-state index contributed by atoms with van der Waals surface area (Å²) < 4.78 is 4.92. The first kappa shape index (κ1) is 24.3. The van der Waals surface area contributed by atoms with Crippen LogP contribution in [0.1, 0.15) is 50.2 Å². The maximum atomic E-state index is 12.1. The molecule has 0 aliphatic carbocycles. The van der Waals surface area contributed by atoms with Gasteiger partial charge in [0.15, 0.2) is 0 Å². The van der Waals surface area contributed by atoms with E-state index in [1.165, 1.54) is 18.2 Å². The lowest BCUT2D eigenvalue weighted by molar-refractivity contribution is 0.105. The van der Waals surface area contributed by atoms with Crippen molar-refractivity contribution in [2.24, 2.45) is 11.7 Å². The van der Waals surface area contributed by atoms with Gasteiger partial charge in [-0.1, -0.05) is 74.0 Å². The van der Waals surface area contributed by atoms with E-state index in [0.29, 0.717) is 12.5 Å². The van der Waals surface area contributed by atoms with Crippen molar-refractivity contribution in [2.75, 3.05) is 26.7 Å². The van der Waals surface area contributed by atoms with Crippen LogP contribution in [0.3, 0.4) is 0 Å². The van der Waals surface area contributed by atoms with Crippen molar-refractivity contribution in [3.63, 3.8) is 0 Å². The molecule has 3 N–H and O–H groups in total. The summed E-state index contributed by atoms with van der Waals surface area (Å²) in [6, 6.07) is 21.4. The molecule has 0 radical (unpaired) electrons. The zero-order chi connectivity index (χ0) is 22.8. The van der Waals surface area contributed by atoms with Crippen molar-refractivity contribution in [3.8, 4) is 0 Å². The summed E-state index contributed by atoms with van der Waals surface area (Å²) in [6.45, 7) is 5.82. The first-order chi connectivity index (χ1) is 15.6. The molecule has 0 bridgehead atoms. The van der Waals surface area contributed by atoms with E-state index in [-0.39, 0.29) is 17.6 Å². The Morgan fingerprint density at radius 1 is 1.12 bits per heavy atom. The highest BCUT2D eigenvalue weighted by Gasteiger charge is 2.43. The molecule has 3 rings (SSSR count). The van der Waals surface area contributed by atoms with E-state index in [1.807, 2.05) is 0 Å². The van der Waals surface area contributed by atoms with Crippen LogP contribution in [-0.4, -0.2) is 43.8 Å². The molecular formula is C27H39N3O2.